The first-order valence-electron chi connectivity index (χ1n) is 6.21. The average molecular weight is 316 g/mol. The van der Waals surface area contributed by atoms with Crippen LogP contribution >= 0.6 is 11.8 Å². The van der Waals surface area contributed by atoms with Gasteiger partial charge < -0.3 is 10.4 Å². The number of rotatable bonds is 8. The predicted molar refractivity (Wildman–Crippen MR) is 72.6 cm³/mol. The number of amides is 3. The van der Waals surface area contributed by atoms with Crippen molar-refractivity contribution in [1.29, 1.82) is 0 Å². The molecule has 0 spiro atoms. The molecular formula is C10H16N6O4S. The van der Waals surface area contributed by atoms with Crippen LogP contribution in [0.5, 0.6) is 0 Å². The number of nitrogens with zero attached hydrogens (tertiary/aromatic N) is 4. The van der Waals surface area contributed by atoms with Crippen LogP contribution in [0.25, 0.3) is 0 Å². The van der Waals surface area contributed by atoms with Crippen LogP contribution in [0.2, 0.25) is 0 Å². The molecule has 1 aromatic rings. The molecule has 0 saturated carbocycles. The lowest BCUT2D eigenvalue weighted by Crippen LogP contribution is -2.40. The number of unbranched alkanes of at least 4 members (excludes halogenated alkanes) is 1. The zero-order chi connectivity index (χ0) is 15.7. The fourth-order valence-corrected chi connectivity index (χ4v) is 1.92. The maximum Gasteiger partial charge on any atom is 0.325 e. The molecule has 0 aliphatic heterocycles. The molecule has 0 atom stereocenters. The number of hydrogen-bond donors (Lipinski definition) is 3. The third-order valence-electron chi connectivity index (χ3n) is 2.19. The summed E-state index contributed by atoms with van der Waals surface area (Å²) in [4.78, 5) is 33.4. The van der Waals surface area contributed by atoms with E-state index in [1.165, 1.54) is 0 Å². The van der Waals surface area contributed by atoms with Crippen molar-refractivity contribution in [2.75, 3.05) is 12.3 Å². The van der Waals surface area contributed by atoms with Gasteiger partial charge in [-0.15, -0.1) is 5.10 Å². The molecule has 116 valence electrons. The van der Waals surface area contributed by atoms with Gasteiger partial charge in [0.1, 0.15) is 6.54 Å². The number of urea groups is 1. The Hall–Kier alpha value is -2.17. The van der Waals surface area contributed by atoms with E-state index in [0.717, 1.165) is 29.3 Å². The smallest absolute Gasteiger partial charge is 0.325 e. The normalized spacial score (nSPS) is 10.1. The van der Waals surface area contributed by atoms with E-state index in [0.29, 0.717) is 6.54 Å². The average Bonchev–Trinajstić information content (AvgIpc) is 2.83. The topological polar surface area (TPSA) is 139 Å². The number of carbonyl (C=O) groups excluding carboxylic acids is 2. The number of tetrazole rings is 1. The summed E-state index contributed by atoms with van der Waals surface area (Å²) >= 11 is 0.946. The molecule has 0 fully saturated rings. The first kappa shape index (κ1) is 16.9. The zero-order valence-corrected chi connectivity index (χ0v) is 12.2. The lowest BCUT2D eigenvalue weighted by Gasteiger charge is -2.05. The quantitative estimate of drug-likeness (QED) is 0.430. The van der Waals surface area contributed by atoms with Crippen LogP contribution in [0.15, 0.2) is 5.16 Å². The number of carbonyl (C=O) groups is 3. The Morgan fingerprint density at radius 3 is 2.81 bits per heavy atom. The molecule has 0 aliphatic rings. The number of nitrogens with one attached hydrogen (secondary N) is 2. The highest BCUT2D eigenvalue weighted by molar-refractivity contribution is 7.99. The van der Waals surface area contributed by atoms with E-state index in [2.05, 4.69) is 26.2 Å². The first-order chi connectivity index (χ1) is 10.0. The first-order valence-corrected chi connectivity index (χ1v) is 7.20. The van der Waals surface area contributed by atoms with Gasteiger partial charge in [-0.25, -0.2) is 9.48 Å². The second kappa shape index (κ2) is 8.89. The van der Waals surface area contributed by atoms with Crippen LogP contribution in [-0.2, 0) is 16.1 Å². The largest absolute Gasteiger partial charge is 0.480 e. The Bertz CT molecular complexity index is 505. The second-order valence-electron chi connectivity index (χ2n) is 3.96. The van der Waals surface area contributed by atoms with Gasteiger partial charge in [-0.1, -0.05) is 25.1 Å². The van der Waals surface area contributed by atoms with Crippen molar-refractivity contribution in [3.05, 3.63) is 0 Å². The van der Waals surface area contributed by atoms with Crippen molar-refractivity contribution >= 4 is 29.7 Å². The van der Waals surface area contributed by atoms with E-state index in [-0.39, 0.29) is 10.9 Å². The van der Waals surface area contributed by atoms with Gasteiger partial charge >= 0.3 is 12.0 Å². The van der Waals surface area contributed by atoms with Gasteiger partial charge in [0, 0.05) is 6.54 Å². The molecule has 1 rings (SSSR count). The van der Waals surface area contributed by atoms with E-state index in [1.54, 1.807) is 0 Å². The van der Waals surface area contributed by atoms with E-state index in [4.69, 9.17) is 5.11 Å². The van der Waals surface area contributed by atoms with Gasteiger partial charge in [0.05, 0.1) is 5.75 Å². The van der Waals surface area contributed by atoms with Gasteiger partial charge in [-0.2, -0.15) is 0 Å². The van der Waals surface area contributed by atoms with Crippen molar-refractivity contribution in [3.63, 3.8) is 0 Å². The molecule has 11 heteroatoms. The molecule has 0 bridgehead atoms. The molecule has 3 amide bonds. The summed E-state index contributed by atoms with van der Waals surface area (Å²) in [6, 6.07) is -0.556. The Kier molecular flexibility index (Phi) is 7.15. The van der Waals surface area contributed by atoms with Crippen molar-refractivity contribution in [2.24, 2.45) is 0 Å². The number of thioether (sulfide) groups is 1. The second-order valence-corrected chi connectivity index (χ2v) is 4.90. The number of imide groups is 1. The Balaban J connectivity index is 2.34. The van der Waals surface area contributed by atoms with E-state index in [9.17, 15) is 14.4 Å². The third-order valence-corrected chi connectivity index (χ3v) is 3.14. The van der Waals surface area contributed by atoms with Gasteiger partial charge in [0.15, 0.2) is 0 Å². The van der Waals surface area contributed by atoms with Crippen LogP contribution in [0.4, 0.5) is 4.79 Å². The summed E-state index contributed by atoms with van der Waals surface area (Å²) in [7, 11) is 0. The molecule has 0 unspecified atom stereocenters. The van der Waals surface area contributed by atoms with Crippen LogP contribution in [0.3, 0.4) is 0 Å². The minimum absolute atomic E-state index is 0.0960. The summed E-state index contributed by atoms with van der Waals surface area (Å²) in [5.41, 5.74) is 0. The fourth-order valence-electron chi connectivity index (χ4n) is 1.24. The van der Waals surface area contributed by atoms with Crippen LogP contribution in [-0.4, -0.2) is 55.5 Å². The number of hydrogen-bond acceptors (Lipinski definition) is 7. The Morgan fingerprint density at radius 1 is 1.38 bits per heavy atom. The predicted octanol–water partition coefficient (Wildman–Crippen LogP) is -0.524. The lowest BCUT2D eigenvalue weighted by atomic mass is 10.3. The number of carboxylic acid groups (broad SMARTS) is 1. The Labute approximate surface area is 124 Å². The molecule has 1 heterocycles. The van der Waals surface area contributed by atoms with Crippen molar-refractivity contribution in [2.45, 2.75) is 31.5 Å². The summed E-state index contributed by atoms with van der Waals surface area (Å²) in [6.45, 7) is 2.09. The Morgan fingerprint density at radius 2 is 2.14 bits per heavy atom. The maximum atomic E-state index is 11.5. The molecule has 3 N–H and O–H groups in total. The summed E-state index contributed by atoms with van der Waals surface area (Å²) < 4.78 is 1.06. The van der Waals surface area contributed by atoms with Crippen LogP contribution in [0.1, 0.15) is 19.8 Å². The molecule has 0 aromatic carbocycles. The number of carboxylic acids is 1. The molecular weight excluding hydrogens is 300 g/mol. The van der Waals surface area contributed by atoms with E-state index in [1.807, 2.05) is 6.92 Å². The highest BCUT2D eigenvalue weighted by atomic mass is 32.2. The van der Waals surface area contributed by atoms with Crippen LogP contribution in [0, 0.1) is 0 Å². The fraction of sp³-hybridized carbons (Fsp3) is 0.600. The molecule has 0 saturated heterocycles. The molecule has 0 aliphatic carbocycles. The van der Waals surface area contributed by atoms with Gasteiger partial charge in [0.25, 0.3) is 0 Å². The molecule has 21 heavy (non-hydrogen) atoms. The zero-order valence-electron chi connectivity index (χ0n) is 11.4. The monoisotopic (exact) mass is 316 g/mol. The standard InChI is InChI=1S/C10H16N6O4S/c1-2-3-4-11-9(20)12-7(17)6-21-10-13-14-15-16(10)5-8(18)19/h2-6H2,1H3,(H,18,19)(H2,11,12,17,20). The van der Waals surface area contributed by atoms with E-state index >= 15 is 0 Å². The lowest BCUT2D eigenvalue weighted by molar-refractivity contribution is -0.138. The highest BCUT2D eigenvalue weighted by Gasteiger charge is 2.13. The molecule has 0 radical (unpaired) electrons. The maximum absolute atomic E-state index is 11.5. The van der Waals surface area contributed by atoms with Crippen molar-refractivity contribution < 1.29 is 19.5 Å². The SMILES string of the molecule is CCCCNC(=O)NC(=O)CSc1nnnn1CC(=O)O. The van der Waals surface area contributed by atoms with Crippen LogP contribution < -0.4 is 10.6 Å². The minimum Gasteiger partial charge on any atom is -0.480 e. The molecule has 1 aromatic heterocycles. The van der Waals surface area contributed by atoms with Crippen molar-refractivity contribution in [3.8, 4) is 0 Å². The molecule has 10 nitrogen and oxygen atoms in total. The summed E-state index contributed by atoms with van der Waals surface area (Å²) in [5.74, 6) is -1.70. The van der Waals surface area contributed by atoms with Crippen molar-refractivity contribution in [1.82, 2.24) is 30.8 Å². The number of aliphatic carboxylic acids is 1. The highest BCUT2D eigenvalue weighted by Crippen LogP contribution is 2.12. The summed E-state index contributed by atoms with van der Waals surface area (Å²) in [6.07, 6.45) is 1.77. The third kappa shape index (κ3) is 6.70. The van der Waals surface area contributed by atoms with Gasteiger partial charge in [-0.05, 0) is 16.8 Å². The van der Waals surface area contributed by atoms with E-state index < -0.39 is 24.5 Å². The summed E-state index contributed by atoms with van der Waals surface area (Å²) in [5, 5.41) is 24.0. The van der Waals surface area contributed by atoms with Gasteiger partial charge in [0.2, 0.25) is 11.1 Å². The van der Waals surface area contributed by atoms with Gasteiger partial charge in [-0.3, -0.25) is 14.9 Å². The minimum atomic E-state index is -1.09. The number of aromatic nitrogens is 4.